The summed E-state index contributed by atoms with van der Waals surface area (Å²) in [6.45, 7) is 4.80. The number of hydrogen-bond donors (Lipinski definition) is 1. The lowest BCUT2D eigenvalue weighted by atomic mass is 10.1. The van der Waals surface area contributed by atoms with Crippen LogP contribution in [-0.2, 0) is 4.79 Å². The van der Waals surface area contributed by atoms with Crippen LogP contribution in [0.3, 0.4) is 0 Å². The Balaban J connectivity index is 1.64. The molecule has 0 radical (unpaired) electrons. The van der Waals surface area contributed by atoms with Crippen LogP contribution in [0.1, 0.15) is 6.04 Å². The molecular formula is C21H19N5O2S. The molecule has 7 nitrogen and oxygen atoms in total. The van der Waals surface area contributed by atoms with Crippen LogP contribution < -0.4 is 10.5 Å². The SMILES string of the molecule is C=CC(=O)N1CC(n2cc(-c3cc4cccc(OC)c4s3)c3c(N)ncnc32)C1. The highest BCUT2D eigenvalue weighted by Gasteiger charge is 2.32. The molecule has 29 heavy (non-hydrogen) atoms. The van der Waals surface area contributed by atoms with Crippen LogP contribution in [0.5, 0.6) is 5.75 Å². The zero-order chi connectivity index (χ0) is 20.1. The molecule has 0 aliphatic carbocycles. The van der Waals surface area contributed by atoms with E-state index >= 15 is 0 Å². The number of amides is 1. The molecule has 0 bridgehead atoms. The smallest absolute Gasteiger partial charge is 0.246 e. The molecule has 4 heterocycles. The van der Waals surface area contributed by atoms with Gasteiger partial charge in [0, 0.05) is 29.7 Å². The maximum Gasteiger partial charge on any atom is 0.246 e. The van der Waals surface area contributed by atoms with Gasteiger partial charge in [0.25, 0.3) is 0 Å². The van der Waals surface area contributed by atoms with E-state index in [1.165, 1.54) is 12.4 Å². The summed E-state index contributed by atoms with van der Waals surface area (Å²) in [6.07, 6.45) is 4.91. The number of nitrogens with two attached hydrogens (primary N) is 1. The molecule has 1 aliphatic heterocycles. The molecular weight excluding hydrogens is 386 g/mol. The molecule has 1 amide bonds. The van der Waals surface area contributed by atoms with Crippen molar-refractivity contribution in [3.05, 3.63) is 49.4 Å². The van der Waals surface area contributed by atoms with E-state index in [1.807, 2.05) is 12.1 Å². The monoisotopic (exact) mass is 405 g/mol. The van der Waals surface area contributed by atoms with Gasteiger partial charge in [0.05, 0.1) is 23.2 Å². The van der Waals surface area contributed by atoms with Crippen molar-refractivity contribution in [2.45, 2.75) is 6.04 Å². The number of benzene rings is 1. The number of carbonyl (C=O) groups excluding carboxylic acids is 1. The predicted molar refractivity (Wildman–Crippen MR) is 115 cm³/mol. The zero-order valence-electron chi connectivity index (χ0n) is 15.8. The van der Waals surface area contributed by atoms with E-state index in [-0.39, 0.29) is 11.9 Å². The van der Waals surface area contributed by atoms with E-state index in [9.17, 15) is 4.79 Å². The average Bonchev–Trinajstić information content (AvgIpc) is 3.29. The van der Waals surface area contributed by atoms with Crippen LogP contribution in [-0.4, -0.2) is 45.5 Å². The van der Waals surface area contributed by atoms with Gasteiger partial charge in [-0.1, -0.05) is 18.7 Å². The molecule has 146 valence electrons. The Labute approximate surface area is 171 Å². The third-order valence-corrected chi connectivity index (χ3v) is 6.57. The fourth-order valence-corrected chi connectivity index (χ4v) is 5.01. The molecule has 1 aromatic carbocycles. The van der Waals surface area contributed by atoms with E-state index in [0.717, 1.165) is 37.3 Å². The number of carbonyl (C=O) groups is 1. The lowest BCUT2D eigenvalue weighted by molar-refractivity contribution is -0.131. The number of anilines is 1. The first-order valence-electron chi connectivity index (χ1n) is 9.20. The highest BCUT2D eigenvalue weighted by atomic mass is 32.1. The van der Waals surface area contributed by atoms with E-state index < -0.39 is 0 Å². The third kappa shape index (κ3) is 2.67. The van der Waals surface area contributed by atoms with Crippen molar-refractivity contribution in [1.82, 2.24) is 19.4 Å². The summed E-state index contributed by atoms with van der Waals surface area (Å²) in [5.41, 5.74) is 8.03. The van der Waals surface area contributed by atoms with Gasteiger partial charge in [-0.05, 0) is 23.6 Å². The van der Waals surface area contributed by atoms with Gasteiger partial charge in [0.1, 0.15) is 23.5 Å². The Morgan fingerprint density at radius 3 is 2.97 bits per heavy atom. The molecule has 1 saturated heterocycles. The Bertz CT molecular complexity index is 1270. The Morgan fingerprint density at radius 1 is 1.38 bits per heavy atom. The summed E-state index contributed by atoms with van der Waals surface area (Å²) in [7, 11) is 1.68. The minimum absolute atomic E-state index is 0.0522. The molecule has 3 aromatic heterocycles. The second-order valence-corrected chi connectivity index (χ2v) is 8.05. The van der Waals surface area contributed by atoms with E-state index in [1.54, 1.807) is 23.3 Å². The second-order valence-electron chi connectivity index (χ2n) is 7.00. The molecule has 8 heteroatoms. The standard InChI is InChI=1S/C21H19N5O2S/c1-3-17(27)25-8-13(9-25)26-10-14(18-20(22)23-11-24-21(18)26)16-7-12-5-4-6-15(28-2)19(12)29-16/h3-7,10-11,13H,1,8-9H2,2H3,(H2,22,23,24). The van der Waals surface area contributed by atoms with E-state index in [2.05, 4.69) is 39.4 Å². The van der Waals surface area contributed by atoms with Crippen LogP contribution in [0.15, 0.2) is 49.4 Å². The molecule has 0 atom stereocenters. The van der Waals surface area contributed by atoms with Crippen molar-refractivity contribution in [1.29, 1.82) is 0 Å². The minimum atomic E-state index is -0.0522. The molecule has 4 aromatic rings. The first kappa shape index (κ1) is 17.7. The first-order valence-corrected chi connectivity index (χ1v) is 10.0. The summed E-state index contributed by atoms with van der Waals surface area (Å²) in [4.78, 5) is 23.4. The molecule has 2 N–H and O–H groups in total. The number of ether oxygens (including phenoxy) is 1. The first-order chi connectivity index (χ1) is 14.1. The highest BCUT2D eigenvalue weighted by Crippen LogP contribution is 2.43. The molecule has 0 saturated carbocycles. The van der Waals surface area contributed by atoms with E-state index in [4.69, 9.17) is 10.5 Å². The van der Waals surface area contributed by atoms with Gasteiger partial charge in [-0.3, -0.25) is 4.79 Å². The molecule has 1 aliphatic rings. The van der Waals surface area contributed by atoms with Gasteiger partial charge in [-0.2, -0.15) is 0 Å². The van der Waals surface area contributed by atoms with Gasteiger partial charge in [-0.25, -0.2) is 9.97 Å². The number of rotatable bonds is 4. The van der Waals surface area contributed by atoms with Crippen LogP contribution >= 0.6 is 11.3 Å². The number of methoxy groups -OCH3 is 1. The van der Waals surface area contributed by atoms with Gasteiger partial charge < -0.3 is 19.9 Å². The third-order valence-electron chi connectivity index (χ3n) is 5.37. The zero-order valence-corrected chi connectivity index (χ0v) is 16.6. The lowest BCUT2D eigenvalue weighted by Crippen LogP contribution is -2.50. The average molecular weight is 405 g/mol. The highest BCUT2D eigenvalue weighted by molar-refractivity contribution is 7.22. The van der Waals surface area contributed by atoms with Crippen LogP contribution in [0.4, 0.5) is 5.82 Å². The van der Waals surface area contributed by atoms with Gasteiger partial charge >= 0.3 is 0 Å². The topological polar surface area (TPSA) is 86.3 Å². The van der Waals surface area contributed by atoms with Crippen LogP contribution in [0.2, 0.25) is 0 Å². The minimum Gasteiger partial charge on any atom is -0.495 e. The molecule has 0 spiro atoms. The molecule has 5 rings (SSSR count). The van der Waals surface area contributed by atoms with Crippen LogP contribution in [0.25, 0.3) is 31.6 Å². The predicted octanol–water partition coefficient (Wildman–Crippen LogP) is 3.47. The maximum absolute atomic E-state index is 11.8. The van der Waals surface area contributed by atoms with E-state index in [0.29, 0.717) is 18.9 Å². The number of nitrogen functional groups attached to an aromatic ring is 1. The number of aromatic nitrogens is 3. The molecule has 1 fully saturated rings. The van der Waals surface area contributed by atoms with Crippen molar-refractivity contribution in [2.75, 3.05) is 25.9 Å². The number of likely N-dealkylation sites (tertiary alicyclic amines) is 1. The van der Waals surface area contributed by atoms with Gasteiger partial charge in [0.15, 0.2) is 0 Å². The summed E-state index contributed by atoms with van der Waals surface area (Å²) >= 11 is 1.66. The van der Waals surface area contributed by atoms with Gasteiger partial charge in [0.2, 0.25) is 5.91 Å². The quantitative estimate of drug-likeness (QED) is 0.526. The van der Waals surface area contributed by atoms with Crippen molar-refractivity contribution >= 4 is 44.2 Å². The van der Waals surface area contributed by atoms with Gasteiger partial charge in [-0.15, -0.1) is 11.3 Å². The Kier molecular flexibility index (Phi) is 4.02. The Morgan fingerprint density at radius 2 is 2.21 bits per heavy atom. The lowest BCUT2D eigenvalue weighted by Gasteiger charge is -2.39. The Hall–Kier alpha value is -3.39. The summed E-state index contributed by atoms with van der Waals surface area (Å²) in [5, 5.41) is 1.96. The fraction of sp³-hybridized carbons (Fsp3) is 0.190. The normalized spacial score (nSPS) is 14.3. The number of thiophene rings is 1. The number of hydrogen-bond acceptors (Lipinski definition) is 6. The summed E-state index contributed by atoms with van der Waals surface area (Å²) < 4.78 is 8.71. The molecule has 0 unspecified atom stereocenters. The van der Waals surface area contributed by atoms with Crippen molar-refractivity contribution < 1.29 is 9.53 Å². The summed E-state index contributed by atoms with van der Waals surface area (Å²) in [6, 6.07) is 8.30. The number of nitrogens with zero attached hydrogens (tertiary/aromatic N) is 4. The number of fused-ring (bicyclic) bond motifs is 2. The van der Waals surface area contributed by atoms with Crippen molar-refractivity contribution in [3.63, 3.8) is 0 Å². The van der Waals surface area contributed by atoms with Crippen molar-refractivity contribution in [3.8, 4) is 16.2 Å². The summed E-state index contributed by atoms with van der Waals surface area (Å²) in [5.74, 6) is 1.25. The fourth-order valence-electron chi connectivity index (χ4n) is 3.84. The maximum atomic E-state index is 11.8. The van der Waals surface area contributed by atoms with Crippen LogP contribution in [0, 0.1) is 0 Å². The largest absolute Gasteiger partial charge is 0.495 e. The second kappa shape index (κ2) is 6.59. The van der Waals surface area contributed by atoms with Crippen molar-refractivity contribution in [2.24, 2.45) is 0 Å².